The maximum absolute atomic E-state index is 13.1. The van der Waals surface area contributed by atoms with E-state index in [2.05, 4.69) is 11.4 Å². The van der Waals surface area contributed by atoms with Crippen molar-refractivity contribution in [3.8, 4) is 6.07 Å². The molecule has 6 nitrogen and oxygen atoms in total. The van der Waals surface area contributed by atoms with Crippen molar-refractivity contribution in [3.63, 3.8) is 0 Å². The molecule has 5 rings (SSSR count). The number of nitrogens with zero attached hydrogens (tertiary/aromatic N) is 4. The highest BCUT2D eigenvalue weighted by atomic mass is 35.5. The first-order valence-electron chi connectivity index (χ1n) is 10.5. The summed E-state index contributed by atoms with van der Waals surface area (Å²) in [5.74, 6) is -0.119. The highest BCUT2D eigenvalue weighted by molar-refractivity contribution is 6.37. The summed E-state index contributed by atoms with van der Waals surface area (Å²) in [7, 11) is 0. The molecule has 34 heavy (non-hydrogen) atoms. The molecule has 0 aliphatic carbocycles. The molecule has 2 aromatic heterocycles. The molecular weight excluding hydrogens is 469 g/mol. The van der Waals surface area contributed by atoms with Crippen LogP contribution in [0.25, 0.3) is 22.2 Å². The van der Waals surface area contributed by atoms with Gasteiger partial charge in [0.25, 0.3) is 5.91 Å². The molecule has 3 aromatic carbocycles. The maximum Gasteiger partial charge on any atom is 0.258 e. The molecule has 0 saturated carbocycles. The van der Waals surface area contributed by atoms with Crippen LogP contribution in [0.2, 0.25) is 10.0 Å². The number of anilines is 1. The van der Waals surface area contributed by atoms with Crippen molar-refractivity contribution in [2.75, 3.05) is 5.32 Å². The summed E-state index contributed by atoms with van der Waals surface area (Å²) in [6, 6.07) is 24.3. The number of aryl methyl sites for hydroxylation is 2. The summed E-state index contributed by atoms with van der Waals surface area (Å²) in [6.07, 6.45) is 0.675. The predicted octanol–water partition coefficient (Wildman–Crippen LogP) is 6.26. The number of carbonyl (C=O) groups excluding carboxylic acids is 1. The summed E-state index contributed by atoms with van der Waals surface area (Å²) in [5.41, 5.74) is 3.97. The normalized spacial score (nSPS) is 11.0. The molecule has 0 atom stereocenters. The lowest BCUT2D eigenvalue weighted by molar-refractivity contribution is 0.102. The van der Waals surface area contributed by atoms with E-state index in [-0.39, 0.29) is 16.1 Å². The lowest BCUT2D eigenvalue weighted by Crippen LogP contribution is -2.17. The van der Waals surface area contributed by atoms with Gasteiger partial charge in [-0.05, 0) is 42.3 Å². The third-order valence-electron chi connectivity index (χ3n) is 5.54. The van der Waals surface area contributed by atoms with Crippen LogP contribution in [-0.4, -0.2) is 20.4 Å². The van der Waals surface area contributed by atoms with Crippen LogP contribution >= 0.6 is 23.2 Å². The molecule has 0 bridgehead atoms. The van der Waals surface area contributed by atoms with Gasteiger partial charge in [-0.3, -0.25) is 4.79 Å². The fourth-order valence-corrected chi connectivity index (χ4v) is 4.38. The van der Waals surface area contributed by atoms with Gasteiger partial charge in [0.1, 0.15) is 23.0 Å². The molecule has 2 heterocycles. The summed E-state index contributed by atoms with van der Waals surface area (Å²) in [5, 5.41) is 13.6. The first-order chi connectivity index (χ1) is 16.5. The average Bonchev–Trinajstić information content (AvgIpc) is 3.12. The van der Waals surface area contributed by atoms with Crippen LogP contribution in [0.4, 0.5) is 5.82 Å². The molecular formula is C26H17Cl2N5O. The highest BCUT2D eigenvalue weighted by Gasteiger charge is 2.23. The van der Waals surface area contributed by atoms with E-state index in [1.165, 1.54) is 6.07 Å². The van der Waals surface area contributed by atoms with Crippen molar-refractivity contribution in [1.82, 2.24) is 14.5 Å². The van der Waals surface area contributed by atoms with E-state index in [0.717, 1.165) is 5.56 Å². The Hall–Kier alpha value is -3.92. The number of nitriles is 1. The number of benzene rings is 3. The van der Waals surface area contributed by atoms with E-state index < -0.39 is 5.91 Å². The van der Waals surface area contributed by atoms with Crippen molar-refractivity contribution >= 4 is 57.1 Å². The second-order valence-electron chi connectivity index (χ2n) is 7.69. The van der Waals surface area contributed by atoms with Crippen LogP contribution < -0.4 is 5.32 Å². The summed E-state index contributed by atoms with van der Waals surface area (Å²) < 4.78 is 1.84. The minimum Gasteiger partial charge on any atom is -0.309 e. The Bertz CT molecular complexity index is 1590. The zero-order valence-corrected chi connectivity index (χ0v) is 19.3. The van der Waals surface area contributed by atoms with E-state index in [1.807, 2.05) is 59.2 Å². The molecule has 1 N–H and O–H groups in total. The fourth-order valence-electron chi connectivity index (χ4n) is 3.89. The Labute approximate surface area is 205 Å². The molecule has 0 radical (unpaired) electrons. The zero-order chi connectivity index (χ0) is 23.7. The Balaban J connectivity index is 1.65. The molecule has 1 amide bonds. The van der Waals surface area contributed by atoms with E-state index in [4.69, 9.17) is 33.2 Å². The van der Waals surface area contributed by atoms with E-state index >= 15 is 0 Å². The van der Waals surface area contributed by atoms with Crippen LogP contribution in [0, 0.1) is 11.3 Å². The molecule has 0 saturated heterocycles. The minimum atomic E-state index is -0.452. The van der Waals surface area contributed by atoms with Gasteiger partial charge in [0.2, 0.25) is 0 Å². The van der Waals surface area contributed by atoms with Crippen molar-refractivity contribution in [2.45, 2.75) is 13.0 Å². The molecule has 0 unspecified atom stereocenters. The third kappa shape index (κ3) is 4.08. The highest BCUT2D eigenvalue weighted by Crippen LogP contribution is 2.31. The smallest absolute Gasteiger partial charge is 0.258 e. The SMILES string of the molecule is N#Cc1c(NC(=O)c2ccc(Cl)cc2Cl)n(CCc2ccccc2)c2nc3ccccc3nc12. The first-order valence-corrected chi connectivity index (χ1v) is 11.3. The average molecular weight is 486 g/mol. The number of carbonyl (C=O) groups is 1. The maximum atomic E-state index is 13.1. The van der Waals surface area contributed by atoms with Gasteiger partial charge in [0, 0.05) is 11.6 Å². The first kappa shape index (κ1) is 21.9. The lowest BCUT2D eigenvalue weighted by Gasteiger charge is -2.12. The van der Waals surface area contributed by atoms with E-state index in [0.29, 0.717) is 46.0 Å². The molecule has 0 fully saturated rings. The summed E-state index contributed by atoms with van der Waals surface area (Å²) >= 11 is 12.2. The molecule has 166 valence electrons. The van der Waals surface area contributed by atoms with Crippen molar-refractivity contribution in [1.29, 1.82) is 5.26 Å². The Morgan fingerprint density at radius 2 is 1.68 bits per heavy atom. The number of hydrogen-bond acceptors (Lipinski definition) is 4. The largest absolute Gasteiger partial charge is 0.309 e. The summed E-state index contributed by atoms with van der Waals surface area (Å²) in [4.78, 5) is 22.6. The zero-order valence-electron chi connectivity index (χ0n) is 17.8. The van der Waals surface area contributed by atoms with Gasteiger partial charge >= 0.3 is 0 Å². The second kappa shape index (κ2) is 9.14. The van der Waals surface area contributed by atoms with Crippen LogP contribution in [0.5, 0.6) is 0 Å². The number of nitrogens with one attached hydrogen (secondary N) is 1. The lowest BCUT2D eigenvalue weighted by atomic mass is 10.1. The number of hydrogen-bond donors (Lipinski definition) is 1. The second-order valence-corrected chi connectivity index (χ2v) is 8.53. The molecule has 0 spiro atoms. The third-order valence-corrected chi connectivity index (χ3v) is 6.09. The van der Waals surface area contributed by atoms with Gasteiger partial charge in [0.05, 0.1) is 21.6 Å². The van der Waals surface area contributed by atoms with Gasteiger partial charge in [-0.1, -0.05) is 65.7 Å². The Morgan fingerprint density at radius 3 is 2.38 bits per heavy atom. The molecule has 0 aliphatic rings. The van der Waals surface area contributed by atoms with Gasteiger partial charge in [-0.15, -0.1) is 0 Å². The standard InChI is InChI=1S/C26H17Cl2N5O/c27-17-10-11-18(20(28)14-17)26(34)32-24-19(15-29)23-25(31-22-9-5-4-8-21(22)30-23)33(24)13-12-16-6-2-1-3-7-16/h1-11,14H,12-13H2,(H,32,34). The topological polar surface area (TPSA) is 83.6 Å². The van der Waals surface area contributed by atoms with Gasteiger partial charge < -0.3 is 9.88 Å². The number of para-hydroxylation sites is 2. The van der Waals surface area contributed by atoms with E-state index in [1.54, 1.807) is 12.1 Å². The van der Waals surface area contributed by atoms with Crippen LogP contribution in [0.1, 0.15) is 21.5 Å². The van der Waals surface area contributed by atoms with Crippen molar-refractivity contribution < 1.29 is 4.79 Å². The number of fused-ring (bicyclic) bond motifs is 2. The number of amides is 1. The molecule has 8 heteroatoms. The number of halogens is 2. The van der Waals surface area contributed by atoms with Crippen molar-refractivity contribution in [3.05, 3.63) is 99.5 Å². The van der Waals surface area contributed by atoms with Gasteiger partial charge in [0.15, 0.2) is 5.65 Å². The molecule has 0 aliphatic heterocycles. The Kier molecular flexibility index (Phi) is 5.89. The quantitative estimate of drug-likeness (QED) is 0.318. The number of rotatable bonds is 5. The Morgan fingerprint density at radius 1 is 0.971 bits per heavy atom. The number of aromatic nitrogens is 3. The van der Waals surface area contributed by atoms with Gasteiger partial charge in [-0.2, -0.15) is 5.26 Å². The van der Waals surface area contributed by atoms with Crippen LogP contribution in [-0.2, 0) is 13.0 Å². The van der Waals surface area contributed by atoms with Gasteiger partial charge in [-0.25, -0.2) is 9.97 Å². The predicted molar refractivity (Wildman–Crippen MR) is 134 cm³/mol. The fraction of sp³-hybridized carbons (Fsp3) is 0.0769. The molecule has 5 aromatic rings. The van der Waals surface area contributed by atoms with Crippen LogP contribution in [0.15, 0.2) is 72.8 Å². The van der Waals surface area contributed by atoms with Crippen LogP contribution in [0.3, 0.4) is 0 Å². The monoisotopic (exact) mass is 485 g/mol. The van der Waals surface area contributed by atoms with E-state index in [9.17, 15) is 10.1 Å². The summed E-state index contributed by atoms with van der Waals surface area (Å²) in [6.45, 7) is 0.485. The van der Waals surface area contributed by atoms with Crippen molar-refractivity contribution in [2.24, 2.45) is 0 Å². The minimum absolute atomic E-state index is 0.220.